The molecule has 2 unspecified atom stereocenters. The Morgan fingerprint density at radius 2 is 1.14 bits per heavy atom. The summed E-state index contributed by atoms with van der Waals surface area (Å²) >= 11 is 0. The summed E-state index contributed by atoms with van der Waals surface area (Å²) in [4.78, 5) is 68.2. The molecule has 358 valence electrons. The number of amidine groups is 2. The summed E-state index contributed by atoms with van der Waals surface area (Å²) in [6.07, 6.45) is -1.17. The molecule has 0 aliphatic carbocycles. The first-order valence-corrected chi connectivity index (χ1v) is 23.3. The fourth-order valence-corrected chi connectivity index (χ4v) is 7.64. The first kappa shape index (κ1) is 50.4. The van der Waals surface area contributed by atoms with Crippen molar-refractivity contribution in [3.8, 4) is 12.1 Å². The van der Waals surface area contributed by atoms with Crippen LogP contribution in [0.2, 0.25) is 0 Å². The van der Waals surface area contributed by atoms with Crippen LogP contribution in [0.15, 0.2) is 97.1 Å². The van der Waals surface area contributed by atoms with Crippen molar-refractivity contribution in [3.05, 3.63) is 130 Å². The van der Waals surface area contributed by atoms with Crippen molar-refractivity contribution in [3.63, 3.8) is 0 Å². The number of nitrogens with zero attached hydrogens (tertiary/aromatic N) is 6. The molecule has 0 saturated carbocycles. The zero-order chi connectivity index (χ0) is 49.7. The lowest BCUT2D eigenvalue weighted by atomic mass is 10.1. The van der Waals surface area contributed by atoms with Gasteiger partial charge in [0.2, 0.25) is 0 Å². The predicted octanol–water partition coefficient (Wildman–Crippen LogP) is 3.43. The van der Waals surface area contributed by atoms with Gasteiger partial charge in [-0.1, -0.05) is 12.1 Å². The van der Waals surface area contributed by atoms with Crippen LogP contribution in [0, 0.1) is 33.5 Å². The summed E-state index contributed by atoms with van der Waals surface area (Å²) in [7, 11) is -3.64. The number of ether oxygens (including phenoxy) is 3. The summed E-state index contributed by atoms with van der Waals surface area (Å²) < 4.78 is 42.5. The van der Waals surface area contributed by atoms with Gasteiger partial charge in [-0.25, -0.2) is 9.59 Å². The minimum absolute atomic E-state index is 0.0899. The van der Waals surface area contributed by atoms with Gasteiger partial charge in [0, 0.05) is 66.4 Å². The minimum Gasteiger partial charge on any atom is -0.465 e. The van der Waals surface area contributed by atoms with E-state index in [0.29, 0.717) is 59.9 Å². The van der Waals surface area contributed by atoms with Gasteiger partial charge in [0.1, 0.15) is 30.5 Å². The molecule has 0 radical (unpaired) electrons. The molecule has 3 aliphatic rings. The molecular weight excluding hydrogens is 913 g/mol. The molecular formula is C47H48N10O11S. The van der Waals surface area contributed by atoms with Crippen LogP contribution in [0.3, 0.4) is 0 Å². The smallest absolute Gasteiger partial charge is 0.414 e. The van der Waals surface area contributed by atoms with Gasteiger partial charge in [-0.3, -0.25) is 49.0 Å². The monoisotopic (exact) mass is 960 g/mol. The Hall–Kier alpha value is -8.02. The van der Waals surface area contributed by atoms with E-state index in [1.165, 1.54) is 23.1 Å². The van der Waals surface area contributed by atoms with Crippen LogP contribution in [-0.4, -0.2) is 144 Å². The number of nitriles is 2. The number of esters is 1. The molecule has 0 spiro atoms. The third-order valence-electron chi connectivity index (χ3n) is 10.7. The lowest BCUT2D eigenvalue weighted by Gasteiger charge is -2.34. The molecule has 3 fully saturated rings. The van der Waals surface area contributed by atoms with E-state index >= 15 is 0 Å². The van der Waals surface area contributed by atoms with Gasteiger partial charge in [-0.2, -0.15) is 18.9 Å². The van der Waals surface area contributed by atoms with E-state index in [9.17, 15) is 32.4 Å². The Kier molecular flexibility index (Phi) is 16.9. The van der Waals surface area contributed by atoms with Gasteiger partial charge < -0.3 is 24.8 Å². The highest BCUT2D eigenvalue weighted by Crippen LogP contribution is 2.24. The predicted molar refractivity (Wildman–Crippen MR) is 249 cm³/mol. The maximum Gasteiger partial charge on any atom is 0.414 e. The fraction of sp³-hybridized carbons (Fsp3) is 0.298. The number of anilines is 2. The van der Waals surface area contributed by atoms with E-state index in [-0.39, 0.29) is 48.0 Å². The van der Waals surface area contributed by atoms with Crippen molar-refractivity contribution >= 4 is 63.1 Å². The van der Waals surface area contributed by atoms with Gasteiger partial charge >= 0.3 is 18.2 Å². The Bertz CT molecular complexity index is 2790. The molecule has 3 heterocycles. The van der Waals surface area contributed by atoms with Crippen molar-refractivity contribution in [1.82, 2.24) is 20.4 Å². The molecule has 4 N–H and O–H groups in total. The second kappa shape index (κ2) is 23.1. The number of carbonyl (C=O) groups excluding carboxylic acids is 5. The molecule has 3 saturated heterocycles. The van der Waals surface area contributed by atoms with E-state index in [2.05, 4.69) is 24.6 Å². The van der Waals surface area contributed by atoms with Crippen LogP contribution >= 0.6 is 0 Å². The van der Waals surface area contributed by atoms with Crippen molar-refractivity contribution in [2.24, 2.45) is 0 Å². The molecule has 4 aromatic rings. The number of hydrogen-bond acceptors (Lipinski definition) is 17. The Balaban J connectivity index is 0.000000232. The van der Waals surface area contributed by atoms with Crippen LogP contribution in [0.4, 0.5) is 21.0 Å². The molecule has 69 heavy (non-hydrogen) atoms. The fourth-order valence-electron chi connectivity index (χ4n) is 7.25. The number of amides is 4. The zero-order valence-electron chi connectivity index (χ0n) is 37.5. The van der Waals surface area contributed by atoms with E-state index in [1.807, 2.05) is 12.1 Å². The molecule has 22 heteroatoms. The summed E-state index contributed by atoms with van der Waals surface area (Å²) in [6, 6.07) is 29.3. The Labute approximate surface area is 397 Å². The summed E-state index contributed by atoms with van der Waals surface area (Å²) in [5.41, 5.74) is 3.24. The summed E-state index contributed by atoms with van der Waals surface area (Å²) in [5.74, 6) is -1.46. The first-order valence-electron chi connectivity index (χ1n) is 21.4. The highest BCUT2D eigenvalue weighted by atomic mass is 32.2. The highest BCUT2D eigenvalue weighted by molar-refractivity contribution is 7.86. The number of hydrogen-bond donors (Lipinski definition) is 4. The zero-order valence-corrected chi connectivity index (χ0v) is 38.4. The first-order chi connectivity index (χ1) is 33.0. The van der Waals surface area contributed by atoms with Crippen LogP contribution in [0.1, 0.15) is 49.9 Å². The highest BCUT2D eigenvalue weighted by Gasteiger charge is 2.35. The largest absolute Gasteiger partial charge is 0.465 e. The number of carbonyl (C=O) groups is 5. The van der Waals surface area contributed by atoms with Gasteiger partial charge in [0.05, 0.1) is 55.8 Å². The maximum absolute atomic E-state index is 12.5. The van der Waals surface area contributed by atoms with Crippen molar-refractivity contribution in [2.75, 3.05) is 81.6 Å². The van der Waals surface area contributed by atoms with Gasteiger partial charge in [-0.05, 0) is 91.9 Å². The SMILES string of the molecule is CCOC(=O)CN1CCN(CC2CN(c3ccc(C(=N)NC(=O)c4cccc(C#N)c4)cc3)C(=O)O2)CC1.CS(=O)(=O)OCC1CN(c2ccc(C(=N)NC(=O)c3cccc(C#N)c3)cc2)C(=O)O1. The Morgan fingerprint density at radius 3 is 1.59 bits per heavy atom. The van der Waals surface area contributed by atoms with Crippen LogP contribution in [0.25, 0.3) is 0 Å². The second-order valence-electron chi connectivity index (χ2n) is 15.7. The quantitative estimate of drug-likeness (QED) is 0.0463. The molecule has 4 aromatic carbocycles. The number of piperazine rings is 1. The lowest BCUT2D eigenvalue weighted by Crippen LogP contribution is -2.50. The molecule has 0 bridgehead atoms. The van der Waals surface area contributed by atoms with E-state index in [4.69, 9.17) is 35.6 Å². The normalized spacial score (nSPS) is 17.0. The van der Waals surface area contributed by atoms with Gasteiger partial charge in [-0.15, -0.1) is 0 Å². The lowest BCUT2D eigenvalue weighted by molar-refractivity contribution is -0.144. The maximum atomic E-state index is 12.5. The molecule has 2 atom stereocenters. The molecule has 7 rings (SSSR count). The average Bonchev–Trinajstić information content (AvgIpc) is 3.91. The minimum atomic E-state index is -3.64. The number of rotatable bonds is 14. The molecule has 0 aromatic heterocycles. The summed E-state index contributed by atoms with van der Waals surface area (Å²) in [5, 5.41) is 39.3. The number of benzene rings is 4. The Morgan fingerprint density at radius 1 is 0.696 bits per heavy atom. The van der Waals surface area contributed by atoms with Gasteiger partial charge in [0.15, 0.2) is 0 Å². The topological polar surface area (TPSA) is 289 Å². The molecule has 3 aliphatic heterocycles. The van der Waals surface area contributed by atoms with Crippen molar-refractivity contribution in [2.45, 2.75) is 19.1 Å². The van der Waals surface area contributed by atoms with Crippen LogP contribution in [0.5, 0.6) is 0 Å². The van der Waals surface area contributed by atoms with Crippen LogP contribution in [-0.2, 0) is 33.3 Å². The third-order valence-corrected chi connectivity index (χ3v) is 11.3. The van der Waals surface area contributed by atoms with Crippen molar-refractivity contribution < 1.29 is 50.8 Å². The number of cyclic esters (lactones) is 2. The van der Waals surface area contributed by atoms with Crippen molar-refractivity contribution in [1.29, 1.82) is 21.3 Å². The number of nitrogens with one attached hydrogen (secondary N) is 4. The van der Waals surface area contributed by atoms with Gasteiger partial charge in [0.25, 0.3) is 21.9 Å². The average molecular weight is 961 g/mol. The van der Waals surface area contributed by atoms with E-state index in [1.54, 1.807) is 90.7 Å². The van der Waals surface area contributed by atoms with Crippen LogP contribution < -0.4 is 20.4 Å². The molecule has 4 amide bonds. The third kappa shape index (κ3) is 14.2. The summed E-state index contributed by atoms with van der Waals surface area (Å²) in [6.45, 7) is 6.35. The van der Waals surface area contributed by atoms with E-state index < -0.39 is 40.2 Å². The standard InChI is InChI=1S/C27H30N6O5.C20H18N4O6S/c1-2-37-24(34)18-32-12-10-31(11-13-32)16-23-17-33(27(36)38-23)22-8-6-20(7-9-22)25(29)30-26(35)21-5-3-4-19(14-21)15-28;1-31(27,28)29-12-17-11-24(20(26)30-17)16-7-5-14(6-8-16)18(22)23-19(25)15-4-2-3-13(9-15)10-21/h3-9,14,23H,2,10-13,16-18H2,1H3,(H2,29,30,35);2-9,17H,11-12H2,1H3,(H2,22,23,25). The molecule has 21 nitrogen and oxygen atoms in total. The second-order valence-corrected chi connectivity index (χ2v) is 17.4. The van der Waals surface area contributed by atoms with E-state index in [0.717, 1.165) is 32.4 Å².